The molecule has 0 fully saturated rings. The number of carbonyl (C=O) groups is 1. The van der Waals surface area contributed by atoms with Gasteiger partial charge in [-0.15, -0.1) is 0 Å². The van der Waals surface area contributed by atoms with Gasteiger partial charge >= 0.3 is 0 Å². The molecule has 6 nitrogen and oxygen atoms in total. The van der Waals surface area contributed by atoms with E-state index in [4.69, 9.17) is 9.47 Å². The van der Waals surface area contributed by atoms with E-state index < -0.39 is 0 Å². The number of aryl methyl sites for hydroxylation is 2. The zero-order valence-corrected chi connectivity index (χ0v) is 18.5. The number of benzene rings is 2. The van der Waals surface area contributed by atoms with Crippen LogP contribution < -0.4 is 14.8 Å². The summed E-state index contributed by atoms with van der Waals surface area (Å²) in [5.41, 5.74) is 5.20. The molecule has 31 heavy (non-hydrogen) atoms. The fourth-order valence-corrected chi connectivity index (χ4v) is 3.33. The number of nitrogens with one attached hydrogen (secondary N) is 1. The molecular formula is C25H29N3O3. The van der Waals surface area contributed by atoms with E-state index in [2.05, 4.69) is 35.5 Å². The Labute approximate surface area is 183 Å². The van der Waals surface area contributed by atoms with Crippen molar-refractivity contribution in [1.29, 1.82) is 0 Å². The molecule has 6 heteroatoms. The van der Waals surface area contributed by atoms with Crippen molar-refractivity contribution in [3.63, 3.8) is 0 Å². The molecule has 3 aromatic rings. The van der Waals surface area contributed by atoms with Crippen LogP contribution >= 0.6 is 0 Å². The Morgan fingerprint density at radius 1 is 1.10 bits per heavy atom. The highest BCUT2D eigenvalue weighted by atomic mass is 16.5. The second kappa shape index (κ2) is 10.5. The van der Waals surface area contributed by atoms with Gasteiger partial charge in [0.05, 0.1) is 26.0 Å². The van der Waals surface area contributed by atoms with E-state index in [0.717, 1.165) is 28.1 Å². The summed E-state index contributed by atoms with van der Waals surface area (Å²) in [6.45, 7) is 7.68. The van der Waals surface area contributed by atoms with Gasteiger partial charge in [0.15, 0.2) is 11.5 Å². The number of aromatic nitrogens is 2. The Bertz CT molecular complexity index is 1070. The number of nitrogens with zero attached hydrogens (tertiary/aromatic N) is 2. The number of rotatable bonds is 9. The first kappa shape index (κ1) is 22.2. The zero-order valence-electron chi connectivity index (χ0n) is 18.5. The normalized spacial score (nSPS) is 11.0. The van der Waals surface area contributed by atoms with E-state index in [1.807, 2.05) is 48.9 Å². The fourth-order valence-electron chi connectivity index (χ4n) is 3.33. The first-order chi connectivity index (χ1) is 15.0. The summed E-state index contributed by atoms with van der Waals surface area (Å²) < 4.78 is 12.9. The van der Waals surface area contributed by atoms with Crippen LogP contribution in [0, 0.1) is 13.8 Å². The van der Waals surface area contributed by atoms with Crippen molar-refractivity contribution < 1.29 is 14.3 Å². The Morgan fingerprint density at radius 2 is 1.90 bits per heavy atom. The van der Waals surface area contributed by atoms with Gasteiger partial charge in [0.1, 0.15) is 0 Å². The zero-order chi connectivity index (χ0) is 22.2. The lowest BCUT2D eigenvalue weighted by Crippen LogP contribution is -2.20. The largest absolute Gasteiger partial charge is 0.493 e. The van der Waals surface area contributed by atoms with Gasteiger partial charge in [-0.05, 0) is 61.7 Å². The van der Waals surface area contributed by atoms with Crippen LogP contribution in [0.5, 0.6) is 11.5 Å². The highest BCUT2D eigenvalue weighted by Crippen LogP contribution is 2.28. The summed E-state index contributed by atoms with van der Waals surface area (Å²) in [7, 11) is 1.60. The van der Waals surface area contributed by atoms with Crippen molar-refractivity contribution in [3.8, 4) is 11.5 Å². The second-order valence-corrected chi connectivity index (χ2v) is 7.30. The molecule has 0 spiro atoms. The van der Waals surface area contributed by atoms with Crippen LogP contribution in [0.1, 0.15) is 35.0 Å². The van der Waals surface area contributed by atoms with Gasteiger partial charge in [0.25, 0.3) is 0 Å². The number of amides is 1. The lowest BCUT2D eigenvalue weighted by atomic mass is 10.1. The average Bonchev–Trinajstić information content (AvgIpc) is 3.08. The van der Waals surface area contributed by atoms with Crippen molar-refractivity contribution in [1.82, 2.24) is 15.1 Å². The van der Waals surface area contributed by atoms with Crippen LogP contribution in [-0.2, 0) is 17.9 Å². The maximum atomic E-state index is 12.3. The van der Waals surface area contributed by atoms with Gasteiger partial charge in [0.2, 0.25) is 5.91 Å². The smallest absolute Gasteiger partial charge is 0.244 e. The quantitative estimate of drug-likeness (QED) is 0.526. The SMILES string of the molecule is CCOc1cc(/C=C/C(=O)NCc2cccc(Cn3nc(C)cc3C)c2)ccc1OC. The third-order valence-corrected chi connectivity index (χ3v) is 4.81. The molecule has 1 amide bonds. The van der Waals surface area contributed by atoms with Crippen LogP contribution in [0.25, 0.3) is 6.08 Å². The van der Waals surface area contributed by atoms with Crippen molar-refractivity contribution in [2.75, 3.05) is 13.7 Å². The number of methoxy groups -OCH3 is 1. The second-order valence-electron chi connectivity index (χ2n) is 7.30. The van der Waals surface area contributed by atoms with Crippen molar-refractivity contribution >= 4 is 12.0 Å². The van der Waals surface area contributed by atoms with E-state index in [-0.39, 0.29) is 5.91 Å². The van der Waals surface area contributed by atoms with Crippen LogP contribution in [-0.4, -0.2) is 29.4 Å². The molecule has 1 aromatic heterocycles. The van der Waals surface area contributed by atoms with Crippen molar-refractivity contribution in [2.24, 2.45) is 0 Å². The summed E-state index contributed by atoms with van der Waals surface area (Å²) in [6.07, 6.45) is 3.29. The van der Waals surface area contributed by atoms with Crippen molar-refractivity contribution in [2.45, 2.75) is 33.9 Å². The predicted octanol–water partition coefficient (Wildman–Crippen LogP) is 4.29. The summed E-state index contributed by atoms with van der Waals surface area (Å²) in [4.78, 5) is 12.3. The maximum absolute atomic E-state index is 12.3. The van der Waals surface area contributed by atoms with Gasteiger partial charge < -0.3 is 14.8 Å². The molecule has 162 valence electrons. The first-order valence-corrected chi connectivity index (χ1v) is 10.3. The Hall–Kier alpha value is -3.54. The first-order valence-electron chi connectivity index (χ1n) is 10.3. The van der Waals surface area contributed by atoms with Gasteiger partial charge in [-0.25, -0.2) is 0 Å². The van der Waals surface area contributed by atoms with Crippen LogP contribution in [0.2, 0.25) is 0 Å². The number of ether oxygens (including phenoxy) is 2. The van der Waals surface area contributed by atoms with Gasteiger partial charge in [-0.1, -0.05) is 30.3 Å². The van der Waals surface area contributed by atoms with Crippen LogP contribution in [0.3, 0.4) is 0 Å². The minimum atomic E-state index is -0.155. The van der Waals surface area contributed by atoms with Gasteiger partial charge in [0, 0.05) is 18.3 Å². The van der Waals surface area contributed by atoms with E-state index in [1.54, 1.807) is 13.2 Å². The Morgan fingerprint density at radius 3 is 2.61 bits per heavy atom. The van der Waals surface area contributed by atoms with Crippen molar-refractivity contribution in [3.05, 3.63) is 82.7 Å². The number of hydrogen-bond acceptors (Lipinski definition) is 4. The molecular weight excluding hydrogens is 390 g/mol. The Balaban J connectivity index is 1.58. The monoisotopic (exact) mass is 419 g/mol. The minimum Gasteiger partial charge on any atom is -0.493 e. The lowest BCUT2D eigenvalue weighted by Gasteiger charge is -2.09. The number of carbonyl (C=O) groups excluding carboxylic acids is 1. The molecule has 0 bridgehead atoms. The molecule has 3 rings (SSSR count). The molecule has 1 heterocycles. The summed E-state index contributed by atoms with van der Waals surface area (Å²) in [6, 6.07) is 15.8. The van der Waals surface area contributed by atoms with E-state index >= 15 is 0 Å². The molecule has 0 aliphatic carbocycles. The van der Waals surface area contributed by atoms with E-state index in [1.165, 1.54) is 6.08 Å². The summed E-state index contributed by atoms with van der Waals surface area (Å²) >= 11 is 0. The molecule has 0 atom stereocenters. The van der Waals surface area contributed by atoms with Crippen LogP contribution in [0.4, 0.5) is 0 Å². The maximum Gasteiger partial charge on any atom is 0.244 e. The predicted molar refractivity (Wildman–Crippen MR) is 122 cm³/mol. The standard InChI is InChI=1S/C25H29N3O3/c1-5-31-24-15-20(9-11-23(24)30-4)10-12-25(29)26-16-21-7-6-8-22(14-21)17-28-19(3)13-18(2)27-28/h6-15H,5,16-17H2,1-4H3,(H,26,29)/b12-10+. The van der Waals surface area contributed by atoms with Gasteiger partial charge in [-0.2, -0.15) is 5.10 Å². The minimum absolute atomic E-state index is 0.155. The third-order valence-electron chi connectivity index (χ3n) is 4.81. The lowest BCUT2D eigenvalue weighted by molar-refractivity contribution is -0.116. The van der Waals surface area contributed by atoms with E-state index in [0.29, 0.717) is 31.2 Å². The molecule has 0 aliphatic heterocycles. The molecule has 1 N–H and O–H groups in total. The molecule has 0 saturated carbocycles. The number of hydrogen-bond donors (Lipinski definition) is 1. The molecule has 2 aromatic carbocycles. The molecule has 0 aliphatic rings. The average molecular weight is 420 g/mol. The highest BCUT2D eigenvalue weighted by molar-refractivity contribution is 5.91. The van der Waals surface area contributed by atoms with Gasteiger partial charge in [-0.3, -0.25) is 9.48 Å². The Kier molecular flexibility index (Phi) is 7.49. The third kappa shape index (κ3) is 6.22. The molecule has 0 radical (unpaired) electrons. The van der Waals surface area contributed by atoms with E-state index in [9.17, 15) is 4.79 Å². The fraction of sp³-hybridized carbons (Fsp3) is 0.280. The topological polar surface area (TPSA) is 65.4 Å². The summed E-state index contributed by atoms with van der Waals surface area (Å²) in [5, 5.41) is 7.45. The highest BCUT2D eigenvalue weighted by Gasteiger charge is 2.05. The van der Waals surface area contributed by atoms with Crippen LogP contribution in [0.15, 0.2) is 54.6 Å². The molecule has 0 unspecified atom stereocenters. The summed E-state index contributed by atoms with van der Waals surface area (Å²) in [5.74, 6) is 1.17. The molecule has 0 saturated heterocycles.